The Morgan fingerprint density at radius 1 is 1.05 bits per heavy atom. The van der Waals surface area contributed by atoms with Crippen LogP contribution in [0.3, 0.4) is 0 Å². The molecule has 0 unspecified atom stereocenters. The number of hydrogen-bond donors (Lipinski definition) is 1. The second kappa shape index (κ2) is 6.38. The van der Waals surface area contributed by atoms with Crippen LogP contribution in [0.4, 0.5) is 5.69 Å². The van der Waals surface area contributed by atoms with Gasteiger partial charge in [0, 0.05) is 0 Å². The van der Waals surface area contributed by atoms with E-state index in [-0.39, 0.29) is 11.5 Å². The molecule has 20 heavy (non-hydrogen) atoms. The number of rotatable bonds is 5. The third-order valence-corrected chi connectivity index (χ3v) is 2.65. The Labute approximate surface area is 118 Å². The summed E-state index contributed by atoms with van der Waals surface area (Å²) < 4.78 is 5.38. The number of allylic oxidation sites excluding steroid dienone is 1. The van der Waals surface area contributed by atoms with Crippen LogP contribution in [0.5, 0.6) is 5.75 Å². The summed E-state index contributed by atoms with van der Waals surface area (Å²) in [6, 6.07) is 16.5. The van der Waals surface area contributed by atoms with Gasteiger partial charge in [0.15, 0.2) is 5.76 Å². The number of carbonyl (C=O) groups is 1. The van der Waals surface area contributed by atoms with Gasteiger partial charge in [-0.05, 0) is 23.8 Å². The van der Waals surface area contributed by atoms with Gasteiger partial charge < -0.3 is 10.5 Å². The third kappa shape index (κ3) is 3.59. The lowest BCUT2D eigenvalue weighted by molar-refractivity contribution is -0.113. The highest BCUT2D eigenvalue weighted by Crippen LogP contribution is 2.22. The van der Waals surface area contributed by atoms with E-state index in [1.54, 1.807) is 30.3 Å². The van der Waals surface area contributed by atoms with E-state index >= 15 is 0 Å². The van der Waals surface area contributed by atoms with Crippen LogP contribution in [0.1, 0.15) is 5.56 Å². The Morgan fingerprint density at radius 2 is 1.70 bits per heavy atom. The van der Waals surface area contributed by atoms with Crippen molar-refractivity contribution in [1.29, 1.82) is 0 Å². The van der Waals surface area contributed by atoms with E-state index < -0.39 is 0 Å². The van der Waals surface area contributed by atoms with Crippen molar-refractivity contribution < 1.29 is 9.53 Å². The number of ether oxygens (including phenoxy) is 1. The fourth-order valence-electron chi connectivity index (χ4n) is 1.59. The minimum Gasteiger partial charge on any atom is -0.452 e. The molecule has 0 radical (unpaired) electrons. The van der Waals surface area contributed by atoms with Crippen LogP contribution in [0.15, 0.2) is 73.0 Å². The van der Waals surface area contributed by atoms with Crippen molar-refractivity contribution in [2.75, 3.05) is 5.73 Å². The second-order valence-corrected chi connectivity index (χ2v) is 4.17. The maximum absolute atomic E-state index is 11.9. The third-order valence-electron chi connectivity index (χ3n) is 2.65. The Hall–Kier alpha value is -2.81. The number of nitrogen functional groups attached to an aromatic ring is 1. The zero-order chi connectivity index (χ0) is 14.4. The zero-order valence-electron chi connectivity index (χ0n) is 11.0. The summed E-state index contributed by atoms with van der Waals surface area (Å²) in [7, 11) is 0. The maximum Gasteiger partial charge on any atom is 0.220 e. The average Bonchev–Trinajstić information content (AvgIpc) is 2.48. The normalized spacial score (nSPS) is 10.4. The first kappa shape index (κ1) is 13.6. The van der Waals surface area contributed by atoms with Gasteiger partial charge in [-0.1, -0.05) is 55.1 Å². The van der Waals surface area contributed by atoms with Crippen LogP contribution in [-0.4, -0.2) is 5.78 Å². The molecule has 2 aromatic carbocycles. The summed E-state index contributed by atoms with van der Waals surface area (Å²) in [4.78, 5) is 11.9. The van der Waals surface area contributed by atoms with Crippen LogP contribution >= 0.6 is 0 Å². The van der Waals surface area contributed by atoms with Gasteiger partial charge in [0.05, 0.1) is 5.69 Å². The minimum atomic E-state index is -0.294. The maximum atomic E-state index is 11.9. The van der Waals surface area contributed by atoms with Crippen molar-refractivity contribution in [3.8, 4) is 5.75 Å². The van der Waals surface area contributed by atoms with Gasteiger partial charge in [-0.25, -0.2) is 0 Å². The lowest BCUT2D eigenvalue weighted by Gasteiger charge is -2.07. The van der Waals surface area contributed by atoms with Crippen LogP contribution in [0.25, 0.3) is 6.08 Å². The molecule has 100 valence electrons. The van der Waals surface area contributed by atoms with Crippen molar-refractivity contribution >= 4 is 17.5 Å². The Balaban J connectivity index is 2.01. The Morgan fingerprint density at radius 3 is 2.40 bits per heavy atom. The summed E-state index contributed by atoms with van der Waals surface area (Å²) >= 11 is 0. The van der Waals surface area contributed by atoms with Crippen molar-refractivity contribution in [3.05, 3.63) is 78.6 Å². The van der Waals surface area contributed by atoms with Gasteiger partial charge in [-0.15, -0.1) is 0 Å². The molecule has 0 spiro atoms. The lowest BCUT2D eigenvalue weighted by Crippen LogP contribution is -2.05. The monoisotopic (exact) mass is 265 g/mol. The summed E-state index contributed by atoms with van der Waals surface area (Å²) in [6.45, 7) is 3.62. The van der Waals surface area contributed by atoms with Crippen LogP contribution in [-0.2, 0) is 4.79 Å². The number of anilines is 1. The van der Waals surface area contributed by atoms with Gasteiger partial charge >= 0.3 is 0 Å². The van der Waals surface area contributed by atoms with E-state index in [0.29, 0.717) is 11.4 Å². The molecule has 2 N–H and O–H groups in total. The molecule has 0 fully saturated rings. The highest BCUT2D eigenvalue weighted by atomic mass is 16.5. The van der Waals surface area contributed by atoms with Gasteiger partial charge in [0.1, 0.15) is 5.75 Å². The van der Waals surface area contributed by atoms with E-state index in [1.807, 2.05) is 30.3 Å². The second-order valence-electron chi connectivity index (χ2n) is 4.17. The number of para-hydroxylation sites is 2. The first-order chi connectivity index (χ1) is 9.66. The molecule has 0 aromatic heterocycles. The summed E-state index contributed by atoms with van der Waals surface area (Å²) in [5.74, 6) is 0.172. The molecule has 0 heterocycles. The fourth-order valence-corrected chi connectivity index (χ4v) is 1.59. The molecular weight excluding hydrogens is 250 g/mol. The number of hydrogen-bond acceptors (Lipinski definition) is 3. The van der Waals surface area contributed by atoms with Crippen LogP contribution in [0.2, 0.25) is 0 Å². The van der Waals surface area contributed by atoms with Crippen LogP contribution in [0, 0.1) is 0 Å². The molecule has 0 aliphatic carbocycles. The highest BCUT2D eigenvalue weighted by molar-refractivity contribution is 6.04. The van der Waals surface area contributed by atoms with E-state index in [4.69, 9.17) is 10.5 Å². The summed E-state index contributed by atoms with van der Waals surface area (Å²) in [6.07, 6.45) is 3.14. The average molecular weight is 265 g/mol. The minimum absolute atomic E-state index is 0.0371. The molecule has 3 heteroatoms. The highest BCUT2D eigenvalue weighted by Gasteiger charge is 2.07. The van der Waals surface area contributed by atoms with Gasteiger partial charge in [-0.3, -0.25) is 4.79 Å². The van der Waals surface area contributed by atoms with Crippen molar-refractivity contribution in [2.24, 2.45) is 0 Å². The molecular formula is C17H15NO2. The molecule has 0 aliphatic rings. The first-order valence-corrected chi connectivity index (χ1v) is 6.15. The van der Waals surface area contributed by atoms with Crippen molar-refractivity contribution in [3.63, 3.8) is 0 Å². The molecule has 0 atom stereocenters. The van der Waals surface area contributed by atoms with E-state index in [0.717, 1.165) is 5.56 Å². The summed E-state index contributed by atoms with van der Waals surface area (Å²) in [5, 5.41) is 0. The smallest absolute Gasteiger partial charge is 0.220 e. The van der Waals surface area contributed by atoms with E-state index in [9.17, 15) is 4.79 Å². The van der Waals surface area contributed by atoms with Gasteiger partial charge in [-0.2, -0.15) is 0 Å². The van der Waals surface area contributed by atoms with Crippen LogP contribution < -0.4 is 10.5 Å². The molecule has 0 bridgehead atoms. The Kier molecular flexibility index (Phi) is 4.35. The van der Waals surface area contributed by atoms with Gasteiger partial charge in [0.2, 0.25) is 5.78 Å². The number of ketones is 1. The summed E-state index contributed by atoms with van der Waals surface area (Å²) in [5.41, 5.74) is 7.14. The molecule has 0 saturated heterocycles. The standard InChI is InChI=1S/C17H15NO2/c1-13(20-17-10-6-5-9-15(17)18)16(19)12-11-14-7-3-2-4-8-14/h2-12H,1,18H2/b12-11+. The predicted octanol–water partition coefficient (Wildman–Crippen LogP) is 3.44. The quantitative estimate of drug-likeness (QED) is 0.512. The Bertz CT molecular complexity index is 645. The number of nitrogens with two attached hydrogens (primary N) is 1. The largest absolute Gasteiger partial charge is 0.452 e. The predicted molar refractivity (Wildman–Crippen MR) is 81.1 cm³/mol. The fraction of sp³-hybridized carbons (Fsp3) is 0. The molecule has 0 amide bonds. The first-order valence-electron chi connectivity index (χ1n) is 6.15. The topological polar surface area (TPSA) is 52.3 Å². The van der Waals surface area contributed by atoms with Crippen molar-refractivity contribution in [1.82, 2.24) is 0 Å². The molecule has 3 nitrogen and oxygen atoms in total. The molecule has 0 aliphatic heterocycles. The molecule has 0 saturated carbocycles. The van der Waals surface area contributed by atoms with Gasteiger partial charge in [0.25, 0.3) is 0 Å². The van der Waals surface area contributed by atoms with E-state index in [2.05, 4.69) is 6.58 Å². The molecule has 2 rings (SSSR count). The lowest BCUT2D eigenvalue weighted by atomic mass is 10.2. The molecule has 2 aromatic rings. The SMILES string of the molecule is C=C(Oc1ccccc1N)C(=O)/C=C/c1ccccc1. The van der Waals surface area contributed by atoms with E-state index in [1.165, 1.54) is 6.08 Å². The number of carbonyl (C=O) groups excluding carboxylic acids is 1. The zero-order valence-corrected chi connectivity index (χ0v) is 11.0. The number of benzene rings is 2. The van der Waals surface area contributed by atoms with Crippen molar-refractivity contribution in [2.45, 2.75) is 0 Å².